The van der Waals surface area contributed by atoms with Crippen molar-refractivity contribution >= 4 is 52.5 Å². The molecule has 3 aromatic rings. The number of nitrogens with zero attached hydrogens (tertiary/aromatic N) is 2. The first-order valence-corrected chi connectivity index (χ1v) is 11.4. The maximum Gasteiger partial charge on any atom is 0.269 e. The fraction of sp³-hybridized carbons (Fsp3) is 0.200. The molecule has 0 saturated carbocycles. The molecule has 0 unspecified atom stereocenters. The molecule has 0 bridgehead atoms. The number of hydrogen-bond donors (Lipinski definition) is 1. The molecule has 34 heavy (non-hydrogen) atoms. The normalized spacial score (nSPS) is 12.5. The second-order valence-corrected chi connectivity index (χ2v) is 9.94. The summed E-state index contributed by atoms with van der Waals surface area (Å²) < 4.78 is 15.8. The fourth-order valence-corrected chi connectivity index (χ4v) is 4.15. The van der Waals surface area contributed by atoms with E-state index in [-0.39, 0.29) is 32.1 Å². The minimum atomic E-state index is -0.705. The summed E-state index contributed by atoms with van der Waals surface area (Å²) >= 11 is 7.06. The van der Waals surface area contributed by atoms with Crippen molar-refractivity contribution in [2.75, 3.05) is 5.32 Å². The highest BCUT2D eigenvalue weighted by Crippen LogP contribution is 2.19. The van der Waals surface area contributed by atoms with Gasteiger partial charge in [0.05, 0.1) is 21.2 Å². The minimum absolute atomic E-state index is 0.0427. The number of rotatable bonds is 5. The van der Waals surface area contributed by atoms with E-state index >= 15 is 0 Å². The summed E-state index contributed by atoms with van der Waals surface area (Å²) in [6, 6.07) is 12.5. The number of hydrogen-bond acceptors (Lipinski definition) is 5. The lowest BCUT2D eigenvalue weighted by atomic mass is 9.91. The Balaban J connectivity index is 2.09. The number of thiazole rings is 1. The van der Waals surface area contributed by atoms with Crippen molar-refractivity contribution < 1.29 is 14.0 Å². The fourth-order valence-electron chi connectivity index (χ4n) is 2.91. The van der Waals surface area contributed by atoms with E-state index in [0.717, 1.165) is 11.3 Å². The second kappa shape index (κ2) is 10.2. The van der Waals surface area contributed by atoms with Gasteiger partial charge in [0.1, 0.15) is 17.0 Å². The van der Waals surface area contributed by atoms with E-state index in [0.29, 0.717) is 11.3 Å². The molecule has 174 valence electrons. The summed E-state index contributed by atoms with van der Waals surface area (Å²) in [6.45, 7) is 4.84. The SMILES string of the molecule is CC(C)(C)C(=O)/C=c1/s/c(=C\c2c(F)cccc2Cl)c(=O)n1CC(=O)Nc1cccc(C#N)c1. The first-order valence-electron chi connectivity index (χ1n) is 10.2. The molecule has 0 aliphatic carbocycles. The standard InChI is InChI=1S/C25H21ClFN3O3S/c1-25(2,3)21(31)12-23-30(14-22(32)29-16-7-4-6-15(10-16)13-28)24(33)20(34-23)11-17-18(26)8-5-9-19(17)27/h4-12H,14H2,1-3H3,(H,29,32)/b20-11-,23-12+. The number of ketones is 1. The number of nitrogens with one attached hydrogen (secondary N) is 1. The van der Waals surface area contributed by atoms with E-state index < -0.39 is 22.7 Å². The van der Waals surface area contributed by atoms with Crippen molar-refractivity contribution in [2.24, 2.45) is 5.41 Å². The van der Waals surface area contributed by atoms with E-state index in [4.69, 9.17) is 16.9 Å². The molecule has 1 aromatic heterocycles. The number of nitriles is 1. The Bertz CT molecular complexity index is 1470. The highest BCUT2D eigenvalue weighted by atomic mass is 35.5. The van der Waals surface area contributed by atoms with E-state index in [1.165, 1.54) is 41.0 Å². The largest absolute Gasteiger partial charge is 0.324 e. The van der Waals surface area contributed by atoms with Crippen LogP contribution in [-0.4, -0.2) is 16.3 Å². The van der Waals surface area contributed by atoms with Crippen molar-refractivity contribution in [3.63, 3.8) is 0 Å². The number of amides is 1. The third-order valence-corrected chi connectivity index (χ3v) is 6.17. The van der Waals surface area contributed by atoms with Gasteiger partial charge in [-0.1, -0.05) is 44.5 Å². The lowest BCUT2D eigenvalue weighted by molar-refractivity contribution is -0.120. The molecule has 1 N–H and O–H groups in total. The second-order valence-electron chi connectivity index (χ2n) is 8.47. The lowest BCUT2D eigenvalue weighted by Gasteiger charge is -2.13. The van der Waals surface area contributed by atoms with Crippen LogP contribution in [0.4, 0.5) is 10.1 Å². The topological polar surface area (TPSA) is 92.0 Å². The smallest absolute Gasteiger partial charge is 0.269 e. The van der Waals surface area contributed by atoms with Crippen LogP contribution >= 0.6 is 22.9 Å². The zero-order valence-corrected chi connectivity index (χ0v) is 20.3. The van der Waals surface area contributed by atoms with Crippen LogP contribution in [0.3, 0.4) is 0 Å². The van der Waals surface area contributed by atoms with Gasteiger partial charge in [0.25, 0.3) is 5.56 Å². The summed E-state index contributed by atoms with van der Waals surface area (Å²) in [7, 11) is 0. The monoisotopic (exact) mass is 497 g/mol. The zero-order chi connectivity index (χ0) is 25.0. The molecule has 3 rings (SSSR count). The first kappa shape index (κ1) is 25.1. The molecule has 0 aliphatic rings. The predicted molar refractivity (Wildman–Crippen MR) is 132 cm³/mol. The van der Waals surface area contributed by atoms with E-state index in [1.807, 2.05) is 6.07 Å². The van der Waals surface area contributed by atoms with Crippen molar-refractivity contribution in [3.8, 4) is 6.07 Å². The van der Waals surface area contributed by atoms with Gasteiger partial charge < -0.3 is 5.32 Å². The van der Waals surface area contributed by atoms with Crippen LogP contribution in [0.1, 0.15) is 31.9 Å². The van der Waals surface area contributed by atoms with Crippen LogP contribution in [0.25, 0.3) is 12.2 Å². The third-order valence-electron chi connectivity index (χ3n) is 4.78. The van der Waals surface area contributed by atoms with Crippen molar-refractivity contribution in [1.82, 2.24) is 4.57 Å². The van der Waals surface area contributed by atoms with Crippen LogP contribution in [0, 0.1) is 22.6 Å². The van der Waals surface area contributed by atoms with Crippen LogP contribution in [0.15, 0.2) is 47.3 Å². The van der Waals surface area contributed by atoms with E-state index in [1.54, 1.807) is 39.0 Å². The Hall–Kier alpha value is -3.54. The third kappa shape index (κ3) is 5.87. The summed E-state index contributed by atoms with van der Waals surface area (Å²) in [5.74, 6) is -1.36. The molecular formula is C25H21ClFN3O3S. The van der Waals surface area contributed by atoms with Gasteiger partial charge in [-0.2, -0.15) is 5.26 Å². The number of benzene rings is 2. The Morgan fingerprint density at radius 3 is 2.59 bits per heavy atom. The van der Waals surface area contributed by atoms with E-state index in [2.05, 4.69) is 5.32 Å². The maximum absolute atomic E-state index is 14.3. The molecule has 0 aliphatic heterocycles. The van der Waals surface area contributed by atoms with Gasteiger partial charge in [-0.15, -0.1) is 11.3 Å². The summed E-state index contributed by atoms with van der Waals surface area (Å²) in [6.07, 6.45) is 2.63. The lowest BCUT2D eigenvalue weighted by Crippen LogP contribution is -2.36. The van der Waals surface area contributed by atoms with Gasteiger partial charge in [-0.25, -0.2) is 4.39 Å². The number of anilines is 1. The van der Waals surface area contributed by atoms with Gasteiger partial charge >= 0.3 is 0 Å². The Morgan fingerprint density at radius 2 is 1.94 bits per heavy atom. The minimum Gasteiger partial charge on any atom is -0.324 e. The highest BCUT2D eigenvalue weighted by molar-refractivity contribution is 7.07. The quantitative estimate of drug-likeness (QED) is 0.584. The average molecular weight is 498 g/mol. The van der Waals surface area contributed by atoms with Gasteiger partial charge in [0, 0.05) is 22.7 Å². The van der Waals surface area contributed by atoms with E-state index in [9.17, 15) is 18.8 Å². The van der Waals surface area contributed by atoms with Crippen molar-refractivity contribution in [3.05, 3.63) is 84.0 Å². The number of carbonyl (C=O) groups is 2. The number of Topliss-reactive ketones (excluding diaryl/α,β-unsaturated/α-hetero) is 1. The molecule has 9 heteroatoms. The molecule has 0 atom stereocenters. The number of aromatic nitrogens is 1. The molecule has 0 fully saturated rings. The first-order chi connectivity index (χ1) is 16.0. The molecule has 1 amide bonds. The molecule has 0 saturated heterocycles. The number of carbonyl (C=O) groups excluding carboxylic acids is 2. The summed E-state index contributed by atoms with van der Waals surface area (Å²) in [5.41, 5.74) is -0.453. The predicted octanol–water partition coefficient (Wildman–Crippen LogP) is 3.44. The maximum atomic E-state index is 14.3. The molecular weight excluding hydrogens is 477 g/mol. The Kier molecular flexibility index (Phi) is 7.50. The molecule has 1 heterocycles. The van der Waals surface area contributed by atoms with Crippen molar-refractivity contribution in [2.45, 2.75) is 27.3 Å². The Labute approximate surface area is 204 Å². The number of halogens is 2. The van der Waals surface area contributed by atoms with Crippen LogP contribution < -0.4 is 20.1 Å². The van der Waals surface area contributed by atoms with Crippen LogP contribution in [-0.2, 0) is 16.1 Å². The van der Waals surface area contributed by atoms with Gasteiger partial charge in [0.2, 0.25) is 5.91 Å². The van der Waals surface area contributed by atoms with Gasteiger partial charge in [-0.05, 0) is 36.4 Å². The molecule has 2 aromatic carbocycles. The van der Waals surface area contributed by atoms with Crippen LogP contribution in [0.2, 0.25) is 5.02 Å². The molecule has 0 spiro atoms. The van der Waals surface area contributed by atoms with Gasteiger partial charge in [0.15, 0.2) is 5.78 Å². The molecule has 6 nitrogen and oxygen atoms in total. The van der Waals surface area contributed by atoms with Gasteiger partial charge in [-0.3, -0.25) is 19.0 Å². The summed E-state index contributed by atoms with van der Waals surface area (Å²) in [5, 5.41) is 11.8. The van der Waals surface area contributed by atoms with Crippen molar-refractivity contribution in [1.29, 1.82) is 5.26 Å². The molecule has 0 radical (unpaired) electrons. The Morgan fingerprint density at radius 1 is 1.24 bits per heavy atom. The highest BCUT2D eigenvalue weighted by Gasteiger charge is 2.20. The zero-order valence-electron chi connectivity index (χ0n) is 18.7. The summed E-state index contributed by atoms with van der Waals surface area (Å²) in [4.78, 5) is 38.5. The average Bonchev–Trinajstić information content (AvgIpc) is 3.04. The van der Waals surface area contributed by atoms with Crippen LogP contribution in [0.5, 0.6) is 0 Å².